The summed E-state index contributed by atoms with van der Waals surface area (Å²) in [6.07, 6.45) is -3.74. The standard InChI is InChI=1S/C15H17F3N2O/c1-3-14(2)10-20(6-7-21-14)12-5-4-11(9-19)13(8-12)15(16,17)18/h4-5,8H,3,6-7,10H2,1-2H3. The van der Waals surface area contributed by atoms with Crippen molar-refractivity contribution in [3.8, 4) is 6.07 Å². The first kappa shape index (κ1) is 15.6. The van der Waals surface area contributed by atoms with Gasteiger partial charge in [0.15, 0.2) is 0 Å². The lowest BCUT2D eigenvalue weighted by atomic mass is 9.99. The van der Waals surface area contributed by atoms with Gasteiger partial charge in [-0.2, -0.15) is 18.4 Å². The molecule has 114 valence electrons. The number of hydrogen-bond donors (Lipinski definition) is 0. The summed E-state index contributed by atoms with van der Waals surface area (Å²) in [6, 6.07) is 5.45. The number of benzene rings is 1. The van der Waals surface area contributed by atoms with E-state index in [-0.39, 0.29) is 11.2 Å². The van der Waals surface area contributed by atoms with Gasteiger partial charge in [-0.1, -0.05) is 6.92 Å². The maximum Gasteiger partial charge on any atom is 0.417 e. The Kier molecular flexibility index (Phi) is 4.15. The molecule has 0 bridgehead atoms. The topological polar surface area (TPSA) is 36.3 Å². The van der Waals surface area contributed by atoms with E-state index < -0.39 is 11.7 Å². The molecule has 0 spiro atoms. The first-order chi connectivity index (χ1) is 9.79. The van der Waals surface area contributed by atoms with Crippen LogP contribution in [0.1, 0.15) is 31.4 Å². The summed E-state index contributed by atoms with van der Waals surface area (Å²) in [5.41, 5.74) is -1.11. The zero-order chi connectivity index (χ0) is 15.7. The summed E-state index contributed by atoms with van der Waals surface area (Å²) in [6.45, 7) is 5.49. The number of ether oxygens (including phenoxy) is 1. The van der Waals surface area contributed by atoms with Gasteiger partial charge in [-0.15, -0.1) is 0 Å². The fourth-order valence-corrected chi connectivity index (χ4v) is 2.43. The third kappa shape index (κ3) is 3.30. The Morgan fingerprint density at radius 2 is 2.14 bits per heavy atom. The number of halogens is 3. The quantitative estimate of drug-likeness (QED) is 0.837. The number of hydrogen-bond acceptors (Lipinski definition) is 3. The number of nitriles is 1. The van der Waals surface area contributed by atoms with Gasteiger partial charge < -0.3 is 9.64 Å². The first-order valence-electron chi connectivity index (χ1n) is 6.79. The van der Waals surface area contributed by atoms with Crippen LogP contribution in [0.4, 0.5) is 18.9 Å². The molecular formula is C15H17F3N2O. The molecule has 0 saturated carbocycles. The summed E-state index contributed by atoms with van der Waals surface area (Å²) in [5.74, 6) is 0. The van der Waals surface area contributed by atoms with Crippen molar-refractivity contribution in [3.63, 3.8) is 0 Å². The van der Waals surface area contributed by atoms with Crippen LogP contribution in [-0.2, 0) is 10.9 Å². The summed E-state index contributed by atoms with van der Waals surface area (Å²) >= 11 is 0. The van der Waals surface area contributed by atoms with Crippen LogP contribution in [-0.4, -0.2) is 25.3 Å². The molecule has 0 radical (unpaired) electrons. The third-order valence-electron chi connectivity index (χ3n) is 3.88. The zero-order valence-corrected chi connectivity index (χ0v) is 12.0. The van der Waals surface area contributed by atoms with Crippen LogP contribution in [0, 0.1) is 11.3 Å². The molecule has 1 aromatic rings. The zero-order valence-electron chi connectivity index (χ0n) is 12.0. The van der Waals surface area contributed by atoms with E-state index in [4.69, 9.17) is 10.00 Å². The molecule has 0 N–H and O–H groups in total. The Labute approximate surface area is 121 Å². The van der Waals surface area contributed by atoms with Gasteiger partial charge in [0.25, 0.3) is 0 Å². The average molecular weight is 298 g/mol. The van der Waals surface area contributed by atoms with Gasteiger partial charge >= 0.3 is 6.18 Å². The van der Waals surface area contributed by atoms with E-state index in [1.165, 1.54) is 6.07 Å². The molecule has 0 amide bonds. The van der Waals surface area contributed by atoms with Crippen molar-refractivity contribution in [3.05, 3.63) is 29.3 Å². The van der Waals surface area contributed by atoms with Crippen LogP contribution in [0.25, 0.3) is 0 Å². The fourth-order valence-electron chi connectivity index (χ4n) is 2.43. The fraction of sp³-hybridized carbons (Fsp3) is 0.533. The van der Waals surface area contributed by atoms with Gasteiger partial charge in [-0.05, 0) is 31.5 Å². The van der Waals surface area contributed by atoms with Crippen molar-refractivity contribution in [1.82, 2.24) is 0 Å². The SMILES string of the molecule is CCC1(C)CN(c2ccc(C#N)c(C(F)(F)F)c2)CCO1. The molecule has 2 rings (SSSR count). The van der Waals surface area contributed by atoms with E-state index in [1.807, 2.05) is 18.7 Å². The highest BCUT2D eigenvalue weighted by molar-refractivity contribution is 5.55. The molecule has 21 heavy (non-hydrogen) atoms. The van der Waals surface area contributed by atoms with Crippen molar-refractivity contribution in [1.29, 1.82) is 5.26 Å². The van der Waals surface area contributed by atoms with Crippen molar-refractivity contribution in [2.45, 2.75) is 32.0 Å². The molecule has 1 heterocycles. The molecule has 1 saturated heterocycles. The number of anilines is 1. The predicted molar refractivity (Wildman–Crippen MR) is 73.0 cm³/mol. The minimum atomic E-state index is -4.53. The monoisotopic (exact) mass is 298 g/mol. The van der Waals surface area contributed by atoms with Crippen molar-refractivity contribution < 1.29 is 17.9 Å². The predicted octanol–water partition coefficient (Wildman–Crippen LogP) is 3.58. The van der Waals surface area contributed by atoms with Gasteiger partial charge in [-0.25, -0.2) is 0 Å². The van der Waals surface area contributed by atoms with Crippen LogP contribution in [0.3, 0.4) is 0 Å². The normalized spacial score (nSPS) is 23.0. The highest BCUT2D eigenvalue weighted by Gasteiger charge is 2.35. The molecule has 1 aliphatic rings. The van der Waals surface area contributed by atoms with Gasteiger partial charge in [0.1, 0.15) is 0 Å². The van der Waals surface area contributed by atoms with Crippen LogP contribution >= 0.6 is 0 Å². The third-order valence-corrected chi connectivity index (χ3v) is 3.88. The molecule has 0 aromatic heterocycles. The summed E-state index contributed by atoms with van der Waals surface area (Å²) in [5, 5.41) is 8.82. The van der Waals surface area contributed by atoms with Crippen molar-refractivity contribution in [2.24, 2.45) is 0 Å². The molecule has 1 fully saturated rings. The molecule has 1 unspecified atom stereocenters. The Bertz CT molecular complexity index is 565. The second-order valence-electron chi connectivity index (χ2n) is 5.41. The van der Waals surface area contributed by atoms with E-state index in [2.05, 4.69) is 0 Å². The highest BCUT2D eigenvalue weighted by Crippen LogP contribution is 2.35. The molecule has 1 aromatic carbocycles. The summed E-state index contributed by atoms with van der Waals surface area (Å²) in [4.78, 5) is 1.88. The van der Waals surface area contributed by atoms with Gasteiger partial charge in [-0.3, -0.25) is 0 Å². The average Bonchev–Trinajstić information content (AvgIpc) is 2.46. The van der Waals surface area contributed by atoms with Crippen LogP contribution in [0.15, 0.2) is 18.2 Å². The highest BCUT2D eigenvalue weighted by atomic mass is 19.4. The maximum absolute atomic E-state index is 13.0. The molecule has 0 aliphatic carbocycles. The Morgan fingerprint density at radius 1 is 1.43 bits per heavy atom. The van der Waals surface area contributed by atoms with E-state index in [0.29, 0.717) is 25.4 Å². The molecule has 6 heteroatoms. The number of morpholine rings is 1. The lowest BCUT2D eigenvalue weighted by molar-refractivity contribution is -0.137. The second-order valence-corrected chi connectivity index (χ2v) is 5.41. The van der Waals surface area contributed by atoms with E-state index in [9.17, 15) is 13.2 Å². The minimum absolute atomic E-state index is 0.349. The maximum atomic E-state index is 13.0. The largest absolute Gasteiger partial charge is 0.417 e. The molecule has 1 aliphatic heterocycles. The Morgan fingerprint density at radius 3 is 2.71 bits per heavy atom. The number of alkyl halides is 3. The summed E-state index contributed by atoms with van der Waals surface area (Å²) in [7, 11) is 0. The smallest absolute Gasteiger partial charge is 0.372 e. The molecule has 1 atom stereocenters. The molecule has 3 nitrogen and oxygen atoms in total. The van der Waals surface area contributed by atoms with Crippen LogP contribution < -0.4 is 4.90 Å². The second kappa shape index (κ2) is 5.57. The Balaban J connectivity index is 2.35. The van der Waals surface area contributed by atoms with E-state index in [1.54, 1.807) is 12.1 Å². The van der Waals surface area contributed by atoms with Gasteiger partial charge in [0, 0.05) is 18.8 Å². The Hall–Kier alpha value is -1.74. The van der Waals surface area contributed by atoms with E-state index in [0.717, 1.165) is 12.5 Å². The van der Waals surface area contributed by atoms with Gasteiger partial charge in [0.2, 0.25) is 0 Å². The van der Waals surface area contributed by atoms with Crippen LogP contribution in [0.5, 0.6) is 0 Å². The summed E-state index contributed by atoms with van der Waals surface area (Å²) < 4.78 is 44.7. The lowest BCUT2D eigenvalue weighted by Gasteiger charge is -2.41. The van der Waals surface area contributed by atoms with Gasteiger partial charge in [0.05, 0.1) is 29.4 Å². The number of rotatable bonds is 2. The lowest BCUT2D eigenvalue weighted by Crippen LogP contribution is -2.49. The van der Waals surface area contributed by atoms with Crippen molar-refractivity contribution in [2.75, 3.05) is 24.6 Å². The van der Waals surface area contributed by atoms with Crippen LogP contribution in [0.2, 0.25) is 0 Å². The minimum Gasteiger partial charge on any atom is -0.372 e. The number of nitrogens with zero attached hydrogens (tertiary/aromatic N) is 2. The molecular weight excluding hydrogens is 281 g/mol. The van der Waals surface area contributed by atoms with Crippen molar-refractivity contribution >= 4 is 5.69 Å². The van der Waals surface area contributed by atoms with E-state index >= 15 is 0 Å². The first-order valence-corrected chi connectivity index (χ1v) is 6.79.